The van der Waals surface area contributed by atoms with Gasteiger partial charge in [-0.2, -0.15) is 8.42 Å². The van der Waals surface area contributed by atoms with Crippen LogP contribution >= 0.6 is 11.3 Å². The Hall–Kier alpha value is -0.460. The minimum atomic E-state index is -3.37. The van der Waals surface area contributed by atoms with E-state index in [0.717, 1.165) is 22.6 Å². The van der Waals surface area contributed by atoms with Crippen LogP contribution in [0, 0.1) is 5.41 Å². The van der Waals surface area contributed by atoms with Gasteiger partial charge in [0.25, 0.3) is 10.1 Å². The maximum Gasteiger partial charge on any atom is 0.264 e. The van der Waals surface area contributed by atoms with Crippen LogP contribution in [-0.2, 0) is 20.9 Å². The highest BCUT2D eigenvalue weighted by atomic mass is 32.2. The molecular formula is C12H19NO3S2. The molecule has 2 rings (SSSR count). The predicted molar refractivity (Wildman–Crippen MR) is 72.1 cm³/mol. The molecule has 0 radical (unpaired) electrons. The van der Waals surface area contributed by atoms with Crippen LogP contribution in [0.3, 0.4) is 0 Å². The Morgan fingerprint density at radius 2 is 2.28 bits per heavy atom. The highest BCUT2D eigenvalue weighted by molar-refractivity contribution is 7.85. The van der Waals surface area contributed by atoms with Gasteiger partial charge in [0.15, 0.2) is 0 Å². The van der Waals surface area contributed by atoms with Crippen LogP contribution in [0.25, 0.3) is 0 Å². The van der Waals surface area contributed by atoms with Gasteiger partial charge in [-0.3, -0.25) is 4.18 Å². The van der Waals surface area contributed by atoms with Gasteiger partial charge in [-0.25, -0.2) is 4.98 Å². The van der Waals surface area contributed by atoms with E-state index in [9.17, 15) is 8.42 Å². The van der Waals surface area contributed by atoms with Crippen LogP contribution < -0.4 is 0 Å². The number of thiazole rings is 1. The Kier molecular flexibility index (Phi) is 3.80. The standard InChI is InChI=1S/C12H19NO3S2/c1-12(2)5-4-9(6-12)11-13-7-10(17-11)8-16-18(3,14)15/h7,9H,4-6,8H2,1-3H3. The first-order valence-electron chi connectivity index (χ1n) is 6.04. The number of aromatic nitrogens is 1. The number of hydrogen-bond acceptors (Lipinski definition) is 5. The third-order valence-electron chi connectivity index (χ3n) is 3.30. The lowest BCUT2D eigenvalue weighted by atomic mass is 9.91. The van der Waals surface area contributed by atoms with Crippen molar-refractivity contribution in [2.75, 3.05) is 6.26 Å². The Labute approximate surface area is 113 Å². The second kappa shape index (κ2) is 4.90. The monoisotopic (exact) mass is 289 g/mol. The average Bonchev–Trinajstić information content (AvgIpc) is 2.80. The first-order valence-corrected chi connectivity index (χ1v) is 8.67. The van der Waals surface area contributed by atoms with Crippen molar-refractivity contribution in [1.82, 2.24) is 4.98 Å². The van der Waals surface area contributed by atoms with Crippen molar-refractivity contribution in [1.29, 1.82) is 0 Å². The zero-order valence-corrected chi connectivity index (χ0v) is 12.6. The highest BCUT2D eigenvalue weighted by Crippen LogP contribution is 2.46. The van der Waals surface area contributed by atoms with Crippen molar-refractivity contribution in [3.05, 3.63) is 16.1 Å². The van der Waals surface area contributed by atoms with Crippen LogP contribution in [-0.4, -0.2) is 19.7 Å². The summed E-state index contributed by atoms with van der Waals surface area (Å²) in [6.45, 7) is 4.68. The van der Waals surface area contributed by atoms with Gasteiger partial charge in [0.2, 0.25) is 0 Å². The molecule has 1 saturated carbocycles. The van der Waals surface area contributed by atoms with E-state index in [4.69, 9.17) is 4.18 Å². The first kappa shape index (κ1) is 14.0. The van der Waals surface area contributed by atoms with Gasteiger partial charge in [-0.15, -0.1) is 11.3 Å². The van der Waals surface area contributed by atoms with Crippen LogP contribution in [0.5, 0.6) is 0 Å². The molecule has 0 saturated heterocycles. The molecular weight excluding hydrogens is 270 g/mol. The first-order chi connectivity index (χ1) is 8.25. The molecule has 1 heterocycles. The molecule has 1 aliphatic rings. The third kappa shape index (κ3) is 3.76. The second-order valence-corrected chi connectivity index (χ2v) is 8.53. The molecule has 6 heteroatoms. The second-order valence-electron chi connectivity index (χ2n) is 5.74. The van der Waals surface area contributed by atoms with Gasteiger partial charge in [0.05, 0.1) is 16.1 Å². The molecule has 0 N–H and O–H groups in total. The van der Waals surface area contributed by atoms with Crippen molar-refractivity contribution >= 4 is 21.5 Å². The molecule has 1 fully saturated rings. The summed E-state index contributed by atoms with van der Waals surface area (Å²) < 4.78 is 26.6. The summed E-state index contributed by atoms with van der Waals surface area (Å²) in [7, 11) is -3.37. The van der Waals surface area contributed by atoms with Crippen molar-refractivity contribution in [3.63, 3.8) is 0 Å². The zero-order valence-electron chi connectivity index (χ0n) is 11.0. The maximum absolute atomic E-state index is 10.9. The van der Waals surface area contributed by atoms with Crippen LogP contribution in [0.2, 0.25) is 0 Å². The number of nitrogens with zero attached hydrogens (tertiary/aromatic N) is 1. The van der Waals surface area contributed by atoms with E-state index < -0.39 is 10.1 Å². The van der Waals surface area contributed by atoms with Crippen LogP contribution in [0.1, 0.15) is 48.9 Å². The molecule has 0 aromatic carbocycles. The zero-order chi connectivity index (χ0) is 13.4. The molecule has 1 aliphatic carbocycles. The van der Waals surface area contributed by atoms with Gasteiger partial charge < -0.3 is 0 Å². The topological polar surface area (TPSA) is 56.3 Å². The van der Waals surface area contributed by atoms with E-state index in [0.29, 0.717) is 11.3 Å². The van der Waals surface area contributed by atoms with Crippen molar-refractivity contribution in [2.45, 2.75) is 45.6 Å². The largest absolute Gasteiger partial charge is 0.265 e. The van der Waals surface area contributed by atoms with E-state index in [-0.39, 0.29) is 6.61 Å². The molecule has 0 bridgehead atoms. The van der Waals surface area contributed by atoms with Crippen LogP contribution in [0.4, 0.5) is 0 Å². The molecule has 4 nitrogen and oxygen atoms in total. The van der Waals surface area contributed by atoms with Gasteiger partial charge in [-0.1, -0.05) is 13.8 Å². The summed E-state index contributed by atoms with van der Waals surface area (Å²) in [6.07, 6.45) is 6.36. The van der Waals surface area contributed by atoms with Crippen molar-refractivity contribution < 1.29 is 12.6 Å². The fourth-order valence-electron chi connectivity index (χ4n) is 2.39. The normalized spacial score (nSPS) is 23.4. The van der Waals surface area contributed by atoms with Crippen molar-refractivity contribution in [2.24, 2.45) is 5.41 Å². The van der Waals surface area contributed by atoms with Crippen LogP contribution in [0.15, 0.2) is 6.20 Å². The molecule has 0 amide bonds. The molecule has 1 aromatic heterocycles. The average molecular weight is 289 g/mol. The summed E-state index contributed by atoms with van der Waals surface area (Å²) in [5.74, 6) is 0.525. The Balaban J connectivity index is 1.99. The van der Waals surface area contributed by atoms with Gasteiger partial charge in [0.1, 0.15) is 6.61 Å². The summed E-state index contributed by atoms with van der Waals surface area (Å²) >= 11 is 1.57. The summed E-state index contributed by atoms with van der Waals surface area (Å²) in [5.41, 5.74) is 0.403. The SMILES string of the molecule is CC1(C)CCC(c2ncc(COS(C)(=O)=O)s2)C1. The van der Waals surface area contributed by atoms with E-state index in [1.54, 1.807) is 17.5 Å². The Morgan fingerprint density at radius 3 is 2.83 bits per heavy atom. The third-order valence-corrected chi connectivity index (χ3v) is 4.98. The smallest absolute Gasteiger partial charge is 0.264 e. The maximum atomic E-state index is 10.9. The van der Waals surface area contributed by atoms with Gasteiger partial charge in [-0.05, 0) is 24.7 Å². The molecule has 1 unspecified atom stereocenters. The molecule has 0 aliphatic heterocycles. The fourth-order valence-corrected chi connectivity index (χ4v) is 3.77. The Bertz CT molecular complexity index is 519. The summed E-state index contributed by atoms with van der Waals surface area (Å²) in [6, 6.07) is 0. The van der Waals surface area contributed by atoms with E-state index in [1.807, 2.05) is 0 Å². The predicted octanol–water partition coefficient (Wildman–Crippen LogP) is 2.91. The molecule has 1 atom stereocenters. The minimum Gasteiger partial charge on any atom is -0.265 e. The molecule has 102 valence electrons. The van der Waals surface area contributed by atoms with Gasteiger partial charge >= 0.3 is 0 Å². The summed E-state index contributed by atoms with van der Waals surface area (Å²) in [4.78, 5) is 5.28. The number of hydrogen-bond donors (Lipinski definition) is 0. The lowest BCUT2D eigenvalue weighted by Crippen LogP contribution is -2.04. The van der Waals surface area contributed by atoms with E-state index in [2.05, 4.69) is 18.8 Å². The quantitative estimate of drug-likeness (QED) is 0.800. The molecule has 18 heavy (non-hydrogen) atoms. The highest BCUT2D eigenvalue weighted by Gasteiger charge is 2.33. The van der Waals surface area contributed by atoms with E-state index in [1.165, 1.54) is 12.8 Å². The fraction of sp³-hybridized carbons (Fsp3) is 0.750. The van der Waals surface area contributed by atoms with Crippen molar-refractivity contribution in [3.8, 4) is 0 Å². The molecule has 1 aromatic rings. The number of rotatable bonds is 4. The van der Waals surface area contributed by atoms with E-state index >= 15 is 0 Å². The Morgan fingerprint density at radius 1 is 1.56 bits per heavy atom. The van der Waals surface area contributed by atoms with Gasteiger partial charge in [0, 0.05) is 12.1 Å². The summed E-state index contributed by atoms with van der Waals surface area (Å²) in [5, 5.41) is 1.12. The lowest BCUT2D eigenvalue weighted by Gasteiger charge is -2.15. The lowest BCUT2D eigenvalue weighted by molar-refractivity contribution is 0.315. The molecule has 0 spiro atoms. The minimum absolute atomic E-state index is 0.104.